The van der Waals surface area contributed by atoms with E-state index in [4.69, 9.17) is 5.73 Å². The predicted octanol–water partition coefficient (Wildman–Crippen LogP) is 1.99. The fourth-order valence-corrected chi connectivity index (χ4v) is 3.21. The van der Waals surface area contributed by atoms with Crippen LogP contribution in [0.25, 0.3) is 0 Å². The number of halogens is 1. The van der Waals surface area contributed by atoms with Gasteiger partial charge in [0.05, 0.1) is 12.1 Å². The Hall–Kier alpha value is -3.20. The number of anilines is 2. The number of hydrogen-bond donors (Lipinski definition) is 2. The summed E-state index contributed by atoms with van der Waals surface area (Å²) in [7, 11) is 0. The number of nitrogen functional groups attached to an aromatic ring is 1. The lowest BCUT2D eigenvalue weighted by Crippen LogP contribution is -2.41. The highest BCUT2D eigenvalue weighted by atomic mass is 79.9. The molecule has 1 amide bonds. The van der Waals surface area contributed by atoms with Gasteiger partial charge in [-0.3, -0.25) is 24.1 Å². The van der Waals surface area contributed by atoms with E-state index < -0.39 is 17.2 Å². The summed E-state index contributed by atoms with van der Waals surface area (Å²) in [6.45, 7) is 2.07. The first kappa shape index (κ1) is 19.6. The second kappa shape index (κ2) is 8.22. The van der Waals surface area contributed by atoms with Crippen LogP contribution in [0.15, 0.2) is 62.9 Å². The zero-order chi connectivity index (χ0) is 20.3. The lowest BCUT2D eigenvalue weighted by molar-refractivity contribution is 0.0987. The molecule has 0 bridgehead atoms. The zero-order valence-corrected chi connectivity index (χ0v) is 16.6. The zero-order valence-electron chi connectivity index (χ0n) is 15.1. The van der Waals surface area contributed by atoms with Crippen molar-refractivity contribution in [1.82, 2.24) is 14.5 Å². The van der Waals surface area contributed by atoms with Gasteiger partial charge in [0.15, 0.2) is 5.69 Å². The molecule has 28 heavy (non-hydrogen) atoms. The van der Waals surface area contributed by atoms with Gasteiger partial charge in [-0.2, -0.15) is 0 Å². The second-order valence-corrected chi connectivity index (χ2v) is 6.92. The van der Waals surface area contributed by atoms with Crippen LogP contribution in [0.5, 0.6) is 0 Å². The first-order chi connectivity index (χ1) is 13.4. The average Bonchev–Trinajstić information content (AvgIpc) is 2.68. The third-order valence-electron chi connectivity index (χ3n) is 4.18. The Morgan fingerprint density at radius 3 is 2.61 bits per heavy atom. The fraction of sp³-hybridized carbons (Fsp3) is 0.158. The summed E-state index contributed by atoms with van der Waals surface area (Å²) in [6.07, 6.45) is 2.95. The van der Waals surface area contributed by atoms with Crippen LogP contribution in [-0.2, 0) is 6.54 Å². The van der Waals surface area contributed by atoms with Crippen LogP contribution in [0.1, 0.15) is 22.8 Å². The average molecular weight is 444 g/mol. The van der Waals surface area contributed by atoms with Crippen molar-refractivity contribution in [3.05, 3.63) is 85.2 Å². The maximum absolute atomic E-state index is 13.0. The van der Waals surface area contributed by atoms with Gasteiger partial charge in [-0.25, -0.2) is 4.79 Å². The minimum atomic E-state index is -0.718. The number of amides is 1. The number of carbonyl (C=O) groups excluding carboxylic acids is 1. The summed E-state index contributed by atoms with van der Waals surface area (Å²) < 4.78 is 1.87. The van der Waals surface area contributed by atoms with Gasteiger partial charge in [-0.15, -0.1) is 0 Å². The van der Waals surface area contributed by atoms with E-state index in [-0.39, 0.29) is 30.2 Å². The molecule has 0 unspecified atom stereocenters. The number of aromatic amines is 1. The van der Waals surface area contributed by atoms with Crippen molar-refractivity contribution in [3.8, 4) is 0 Å². The van der Waals surface area contributed by atoms with Crippen LogP contribution in [0.4, 0.5) is 11.5 Å². The number of pyridine rings is 1. The van der Waals surface area contributed by atoms with E-state index in [0.29, 0.717) is 4.47 Å². The Bertz CT molecular complexity index is 1120. The van der Waals surface area contributed by atoms with Gasteiger partial charge < -0.3 is 10.6 Å². The SMILES string of the molecule is CCN(C(=O)c1cncc(Br)c1)c1c(N)n(Cc2ccccc2)c(=O)[nH]c1=O. The van der Waals surface area contributed by atoms with E-state index in [1.165, 1.54) is 15.7 Å². The molecule has 9 heteroatoms. The molecule has 0 aliphatic heterocycles. The summed E-state index contributed by atoms with van der Waals surface area (Å²) in [5.41, 5.74) is 5.88. The Labute approximate surface area is 168 Å². The Kier molecular flexibility index (Phi) is 5.74. The van der Waals surface area contributed by atoms with Crippen LogP contribution in [0.2, 0.25) is 0 Å². The maximum Gasteiger partial charge on any atom is 0.330 e. The Morgan fingerprint density at radius 2 is 1.96 bits per heavy atom. The van der Waals surface area contributed by atoms with Gasteiger partial charge in [0, 0.05) is 23.4 Å². The van der Waals surface area contributed by atoms with Gasteiger partial charge in [-0.1, -0.05) is 30.3 Å². The smallest absolute Gasteiger partial charge is 0.330 e. The number of aromatic nitrogens is 3. The summed E-state index contributed by atoms with van der Waals surface area (Å²) in [6, 6.07) is 10.8. The third-order valence-corrected chi connectivity index (χ3v) is 4.61. The molecule has 8 nitrogen and oxygen atoms in total. The summed E-state index contributed by atoms with van der Waals surface area (Å²) in [5, 5.41) is 0. The van der Waals surface area contributed by atoms with E-state index in [1.807, 2.05) is 30.3 Å². The lowest BCUT2D eigenvalue weighted by atomic mass is 10.2. The number of rotatable bonds is 5. The molecular formula is C19H18BrN5O3. The molecule has 0 spiro atoms. The number of hydrogen-bond acceptors (Lipinski definition) is 5. The van der Waals surface area contributed by atoms with E-state index in [2.05, 4.69) is 25.9 Å². The third kappa shape index (κ3) is 3.89. The Morgan fingerprint density at radius 1 is 1.25 bits per heavy atom. The molecule has 0 aliphatic rings. The van der Waals surface area contributed by atoms with Gasteiger partial charge in [0.2, 0.25) is 0 Å². The molecule has 0 saturated carbocycles. The number of carbonyl (C=O) groups is 1. The van der Waals surface area contributed by atoms with Gasteiger partial charge >= 0.3 is 5.69 Å². The van der Waals surface area contributed by atoms with Crippen molar-refractivity contribution in [2.75, 3.05) is 17.2 Å². The predicted molar refractivity (Wildman–Crippen MR) is 111 cm³/mol. The normalized spacial score (nSPS) is 10.6. The molecule has 2 aromatic heterocycles. The largest absolute Gasteiger partial charge is 0.383 e. The molecule has 3 aromatic rings. The van der Waals surface area contributed by atoms with Crippen LogP contribution >= 0.6 is 15.9 Å². The number of benzene rings is 1. The van der Waals surface area contributed by atoms with Crippen LogP contribution in [0, 0.1) is 0 Å². The highest BCUT2D eigenvalue weighted by Crippen LogP contribution is 2.20. The maximum atomic E-state index is 13.0. The molecule has 3 rings (SSSR count). The number of nitrogens with one attached hydrogen (secondary N) is 1. The summed E-state index contributed by atoms with van der Waals surface area (Å²) in [5.74, 6) is -0.519. The van der Waals surface area contributed by atoms with Crippen molar-refractivity contribution < 1.29 is 4.79 Å². The van der Waals surface area contributed by atoms with Gasteiger partial charge in [0.25, 0.3) is 11.5 Å². The molecule has 3 N–H and O–H groups in total. The van der Waals surface area contributed by atoms with Crippen molar-refractivity contribution in [2.24, 2.45) is 0 Å². The molecule has 0 radical (unpaired) electrons. The van der Waals surface area contributed by atoms with Crippen molar-refractivity contribution in [3.63, 3.8) is 0 Å². The van der Waals surface area contributed by atoms with E-state index in [0.717, 1.165) is 5.56 Å². The first-order valence-electron chi connectivity index (χ1n) is 8.51. The molecule has 0 saturated heterocycles. The molecule has 0 atom stereocenters. The monoisotopic (exact) mass is 443 g/mol. The Balaban J connectivity index is 2.09. The molecule has 0 fully saturated rings. The van der Waals surface area contributed by atoms with Crippen LogP contribution in [0.3, 0.4) is 0 Å². The molecule has 2 heterocycles. The van der Waals surface area contributed by atoms with E-state index >= 15 is 0 Å². The van der Waals surface area contributed by atoms with Crippen molar-refractivity contribution >= 4 is 33.3 Å². The molecule has 0 aliphatic carbocycles. The van der Waals surface area contributed by atoms with E-state index in [9.17, 15) is 14.4 Å². The first-order valence-corrected chi connectivity index (χ1v) is 9.30. The fourth-order valence-electron chi connectivity index (χ4n) is 2.85. The highest BCUT2D eigenvalue weighted by molar-refractivity contribution is 9.10. The standard InChI is InChI=1S/C19H18BrN5O3/c1-2-24(18(27)13-8-14(20)10-22-9-13)15-16(21)25(19(28)23-17(15)26)11-12-6-4-3-5-7-12/h3-10H,2,11,21H2,1H3,(H,23,26,28). The van der Waals surface area contributed by atoms with Gasteiger partial charge in [-0.05, 0) is 34.5 Å². The van der Waals surface area contributed by atoms with Crippen molar-refractivity contribution in [2.45, 2.75) is 13.5 Å². The van der Waals surface area contributed by atoms with Crippen LogP contribution in [-0.4, -0.2) is 27.0 Å². The number of nitrogens with two attached hydrogens (primary N) is 1. The molecular weight excluding hydrogens is 426 g/mol. The highest BCUT2D eigenvalue weighted by Gasteiger charge is 2.24. The molecule has 1 aromatic carbocycles. The van der Waals surface area contributed by atoms with Gasteiger partial charge in [0.1, 0.15) is 5.82 Å². The van der Waals surface area contributed by atoms with E-state index in [1.54, 1.807) is 19.2 Å². The summed E-state index contributed by atoms with van der Waals surface area (Å²) in [4.78, 5) is 45.2. The quantitative estimate of drug-likeness (QED) is 0.625. The topological polar surface area (TPSA) is 114 Å². The van der Waals surface area contributed by atoms with Crippen molar-refractivity contribution in [1.29, 1.82) is 0 Å². The minimum Gasteiger partial charge on any atom is -0.383 e. The van der Waals surface area contributed by atoms with Crippen LogP contribution < -0.4 is 21.9 Å². The summed E-state index contributed by atoms with van der Waals surface area (Å²) >= 11 is 3.27. The molecule has 144 valence electrons. The number of H-pyrrole nitrogens is 1. The second-order valence-electron chi connectivity index (χ2n) is 6.01. The number of nitrogens with zero attached hydrogens (tertiary/aromatic N) is 3. The lowest BCUT2D eigenvalue weighted by Gasteiger charge is -2.23. The minimum absolute atomic E-state index is 0.0667.